The van der Waals surface area contributed by atoms with Gasteiger partial charge in [0, 0.05) is 44.0 Å². The van der Waals surface area contributed by atoms with Crippen molar-refractivity contribution >= 4 is 49.3 Å². The first-order chi connectivity index (χ1) is 14.5. The fraction of sp³-hybridized carbons (Fsp3) is 0.500. The van der Waals surface area contributed by atoms with Gasteiger partial charge in [0.15, 0.2) is 5.82 Å². The highest BCUT2D eigenvalue weighted by molar-refractivity contribution is 7.86. The maximum Gasteiger partial charge on any atom is 0.281 e. The third-order valence-electron chi connectivity index (χ3n) is 5.53. The fourth-order valence-corrected chi connectivity index (χ4v) is 6.20. The Labute approximate surface area is 178 Å². The molecule has 3 aromatic rings. The van der Waals surface area contributed by atoms with Crippen molar-refractivity contribution in [2.24, 2.45) is 0 Å². The number of thiophene rings is 1. The van der Waals surface area contributed by atoms with Gasteiger partial charge < -0.3 is 10.6 Å². The third kappa shape index (κ3) is 3.75. The van der Waals surface area contributed by atoms with Crippen LogP contribution in [0.2, 0.25) is 0 Å². The van der Waals surface area contributed by atoms with E-state index in [0.29, 0.717) is 43.8 Å². The lowest BCUT2D eigenvalue weighted by Gasteiger charge is -2.38. The molecule has 3 aromatic heterocycles. The van der Waals surface area contributed by atoms with Crippen LogP contribution >= 0.6 is 11.3 Å². The van der Waals surface area contributed by atoms with Crippen LogP contribution in [-0.2, 0) is 10.2 Å². The third-order valence-corrected chi connectivity index (χ3v) is 8.37. The van der Waals surface area contributed by atoms with Crippen LogP contribution in [0.25, 0.3) is 10.2 Å². The molecule has 12 heteroatoms. The molecule has 2 fully saturated rings. The second kappa shape index (κ2) is 7.76. The van der Waals surface area contributed by atoms with E-state index in [0.717, 1.165) is 35.2 Å². The number of aromatic nitrogens is 4. The van der Waals surface area contributed by atoms with Crippen molar-refractivity contribution in [1.82, 2.24) is 28.8 Å². The molecule has 2 saturated heterocycles. The Balaban J connectivity index is 1.29. The van der Waals surface area contributed by atoms with Gasteiger partial charge in [-0.2, -0.15) is 27.1 Å². The van der Waals surface area contributed by atoms with Crippen molar-refractivity contribution in [3.63, 3.8) is 0 Å². The highest BCUT2D eigenvalue weighted by Crippen LogP contribution is 2.29. The molecular formula is C18H24N8O2S2. The maximum absolute atomic E-state index is 12.6. The number of anilines is 3. The molecule has 30 heavy (non-hydrogen) atoms. The normalized spacial score (nSPS) is 19.1. The van der Waals surface area contributed by atoms with Crippen molar-refractivity contribution in [2.45, 2.75) is 32.2 Å². The summed E-state index contributed by atoms with van der Waals surface area (Å²) in [6.45, 7) is 4.24. The molecule has 0 spiro atoms. The first-order valence-corrected chi connectivity index (χ1v) is 12.3. The smallest absolute Gasteiger partial charge is 0.281 e. The van der Waals surface area contributed by atoms with Gasteiger partial charge >= 0.3 is 0 Å². The second-order valence-electron chi connectivity index (χ2n) is 7.67. The number of hydrogen-bond acceptors (Lipinski definition) is 8. The zero-order valence-corrected chi connectivity index (χ0v) is 18.3. The van der Waals surface area contributed by atoms with Crippen molar-refractivity contribution in [3.05, 3.63) is 23.2 Å². The summed E-state index contributed by atoms with van der Waals surface area (Å²) < 4.78 is 28.3. The minimum absolute atomic E-state index is 0.130. The number of aromatic amines is 1. The van der Waals surface area contributed by atoms with Crippen LogP contribution in [0.1, 0.15) is 25.0 Å². The van der Waals surface area contributed by atoms with Gasteiger partial charge in [-0.05, 0) is 37.6 Å². The monoisotopic (exact) mass is 448 g/mol. The zero-order chi connectivity index (χ0) is 20.7. The summed E-state index contributed by atoms with van der Waals surface area (Å²) in [4.78, 5) is 10.2. The molecule has 0 amide bonds. The molecule has 5 heterocycles. The Morgan fingerprint density at radius 2 is 1.93 bits per heavy atom. The van der Waals surface area contributed by atoms with Gasteiger partial charge in [0.25, 0.3) is 10.2 Å². The Bertz CT molecular complexity index is 1150. The largest absolute Gasteiger partial charge is 0.351 e. The predicted octanol–water partition coefficient (Wildman–Crippen LogP) is 2.29. The van der Waals surface area contributed by atoms with Crippen LogP contribution in [0, 0.1) is 6.92 Å². The fourth-order valence-electron chi connectivity index (χ4n) is 3.71. The molecule has 0 bridgehead atoms. The standard InChI is InChI=1S/C18H24N8O2S2/c1-12-11-15(24-23-12)20-16-14-5-10-29-17(14)22-18(21-16)19-13-3-8-26(9-4-13)30(27,28)25-6-2-7-25/h5,10-11,13H,2-4,6-9H2,1H3,(H3,19,20,21,22,23,24). The van der Waals surface area contributed by atoms with Crippen LogP contribution in [0.15, 0.2) is 17.5 Å². The minimum Gasteiger partial charge on any atom is -0.351 e. The van der Waals surface area contributed by atoms with E-state index in [1.54, 1.807) is 19.9 Å². The Morgan fingerprint density at radius 1 is 1.17 bits per heavy atom. The van der Waals surface area contributed by atoms with E-state index in [9.17, 15) is 8.42 Å². The van der Waals surface area contributed by atoms with Gasteiger partial charge in [-0.1, -0.05) is 0 Å². The summed E-state index contributed by atoms with van der Waals surface area (Å²) in [6, 6.07) is 4.04. The van der Waals surface area contributed by atoms with Crippen LogP contribution in [0.3, 0.4) is 0 Å². The van der Waals surface area contributed by atoms with E-state index < -0.39 is 10.2 Å². The molecule has 160 valence electrons. The first kappa shape index (κ1) is 19.7. The van der Waals surface area contributed by atoms with E-state index in [2.05, 4.69) is 30.8 Å². The van der Waals surface area contributed by atoms with Crippen LogP contribution in [0.4, 0.5) is 17.6 Å². The van der Waals surface area contributed by atoms with Crippen molar-refractivity contribution in [1.29, 1.82) is 0 Å². The van der Waals surface area contributed by atoms with E-state index in [1.807, 2.05) is 24.4 Å². The molecule has 10 nitrogen and oxygen atoms in total. The van der Waals surface area contributed by atoms with Crippen molar-refractivity contribution in [2.75, 3.05) is 36.8 Å². The van der Waals surface area contributed by atoms with Crippen molar-refractivity contribution in [3.8, 4) is 0 Å². The Kier molecular flexibility index (Phi) is 5.09. The van der Waals surface area contributed by atoms with Gasteiger partial charge in [0.2, 0.25) is 5.95 Å². The summed E-state index contributed by atoms with van der Waals surface area (Å²) in [6.07, 6.45) is 2.40. The minimum atomic E-state index is -3.29. The SMILES string of the molecule is Cc1cc(Nc2nc(NC3CCN(S(=O)(=O)N4CCC4)CC3)nc3sccc23)n[nH]1. The number of hydrogen-bond donors (Lipinski definition) is 3. The highest BCUT2D eigenvalue weighted by atomic mass is 32.2. The zero-order valence-electron chi connectivity index (χ0n) is 16.6. The Hall–Kier alpha value is -2.28. The van der Waals surface area contributed by atoms with Gasteiger partial charge in [-0.15, -0.1) is 11.3 Å². The first-order valence-electron chi connectivity index (χ1n) is 10.0. The predicted molar refractivity (Wildman–Crippen MR) is 117 cm³/mol. The molecule has 0 aliphatic carbocycles. The highest BCUT2D eigenvalue weighted by Gasteiger charge is 2.35. The lowest BCUT2D eigenvalue weighted by molar-refractivity contribution is 0.253. The number of nitrogens with one attached hydrogen (secondary N) is 3. The molecule has 3 N–H and O–H groups in total. The van der Waals surface area contributed by atoms with Gasteiger partial charge in [0.1, 0.15) is 10.6 Å². The average molecular weight is 449 g/mol. The van der Waals surface area contributed by atoms with Crippen LogP contribution in [-0.4, -0.2) is 69.4 Å². The second-order valence-corrected chi connectivity index (χ2v) is 10.5. The number of piperidine rings is 1. The number of fused-ring (bicyclic) bond motifs is 1. The summed E-state index contributed by atoms with van der Waals surface area (Å²) in [5.74, 6) is 1.95. The van der Waals surface area contributed by atoms with Gasteiger partial charge in [0.05, 0.1) is 5.39 Å². The lowest BCUT2D eigenvalue weighted by Crippen LogP contribution is -2.53. The van der Waals surface area contributed by atoms with Gasteiger partial charge in [-0.3, -0.25) is 5.10 Å². The number of H-pyrrole nitrogens is 1. The Morgan fingerprint density at radius 3 is 2.60 bits per heavy atom. The summed E-state index contributed by atoms with van der Waals surface area (Å²) in [5.41, 5.74) is 0.964. The van der Waals surface area contributed by atoms with Crippen LogP contribution < -0.4 is 10.6 Å². The number of nitrogens with zero attached hydrogens (tertiary/aromatic N) is 5. The molecular weight excluding hydrogens is 424 g/mol. The molecule has 0 unspecified atom stereocenters. The molecule has 2 aliphatic rings. The number of aryl methyl sites for hydroxylation is 1. The van der Waals surface area contributed by atoms with E-state index in [4.69, 9.17) is 0 Å². The molecule has 0 saturated carbocycles. The van der Waals surface area contributed by atoms with E-state index in [1.165, 1.54) is 0 Å². The van der Waals surface area contributed by atoms with Crippen molar-refractivity contribution < 1.29 is 8.42 Å². The lowest BCUT2D eigenvalue weighted by atomic mass is 10.1. The topological polar surface area (TPSA) is 119 Å². The summed E-state index contributed by atoms with van der Waals surface area (Å²) >= 11 is 1.56. The molecule has 2 aliphatic heterocycles. The molecule has 0 radical (unpaired) electrons. The summed E-state index contributed by atoms with van der Waals surface area (Å²) in [5, 5.41) is 16.7. The van der Waals surface area contributed by atoms with E-state index in [-0.39, 0.29) is 6.04 Å². The number of rotatable bonds is 6. The summed E-state index contributed by atoms with van der Waals surface area (Å²) in [7, 11) is -3.29. The molecule has 0 atom stereocenters. The van der Waals surface area contributed by atoms with Gasteiger partial charge in [-0.25, -0.2) is 4.98 Å². The quantitative estimate of drug-likeness (QED) is 0.529. The average Bonchev–Trinajstić information content (AvgIpc) is 3.29. The molecule has 5 rings (SSSR count). The maximum atomic E-state index is 12.6. The van der Waals surface area contributed by atoms with E-state index >= 15 is 0 Å². The molecule has 0 aromatic carbocycles. The van der Waals surface area contributed by atoms with Crippen LogP contribution in [0.5, 0.6) is 0 Å².